The minimum atomic E-state index is -0.393. The smallest absolute Gasteiger partial charge is 0.0621 e. The highest BCUT2D eigenvalue weighted by Gasteiger charge is 1.87. The molecule has 0 aromatic rings. The van der Waals surface area contributed by atoms with Crippen molar-refractivity contribution in [1.82, 2.24) is 0 Å². The molecule has 0 fully saturated rings. The molecule has 0 spiro atoms. The van der Waals surface area contributed by atoms with Gasteiger partial charge in [-0.1, -0.05) is 11.8 Å². The first-order chi connectivity index (χ1) is 5.63. The molecule has 0 aliphatic rings. The zero-order valence-electron chi connectivity index (χ0n) is 7.46. The average molecular weight is 166 g/mol. The maximum atomic E-state index is 8.81. The summed E-state index contributed by atoms with van der Waals surface area (Å²) in [6.45, 7) is 3.36. The van der Waals surface area contributed by atoms with Gasteiger partial charge in [0.25, 0.3) is 0 Å². The summed E-state index contributed by atoms with van der Waals surface area (Å²) in [6.07, 6.45) is 0.110. The fraction of sp³-hybridized carbons (Fsp3) is 0.600. The van der Waals surface area contributed by atoms with Crippen molar-refractivity contribution in [3.8, 4) is 23.7 Å². The zero-order valence-corrected chi connectivity index (χ0v) is 7.46. The Kier molecular flexibility index (Phi) is 6.19. The van der Waals surface area contributed by atoms with Gasteiger partial charge in [0.05, 0.1) is 12.2 Å². The normalized spacial score (nSPS) is 13.3. The Bertz CT molecular complexity index is 194. The average Bonchev–Trinajstić information content (AvgIpc) is 1.95. The molecule has 2 N–H and O–H groups in total. The quantitative estimate of drug-likeness (QED) is 0.588. The largest absolute Gasteiger partial charge is 0.392 e. The number of aliphatic hydroxyl groups is 2. The van der Waals surface area contributed by atoms with Gasteiger partial charge in [0, 0.05) is 12.8 Å². The lowest BCUT2D eigenvalue weighted by Gasteiger charge is -1.92. The molecule has 0 radical (unpaired) electrons. The van der Waals surface area contributed by atoms with Gasteiger partial charge in [-0.05, 0) is 25.7 Å². The zero-order chi connectivity index (χ0) is 9.40. The van der Waals surface area contributed by atoms with E-state index in [-0.39, 0.29) is 0 Å². The minimum absolute atomic E-state index is 0.393. The SMILES string of the molecule is C[C@@H](O)CC#CC#CC[C@@H](C)O. The second-order valence-electron chi connectivity index (χ2n) is 2.71. The summed E-state index contributed by atoms with van der Waals surface area (Å²) in [6, 6.07) is 0. The molecule has 2 nitrogen and oxygen atoms in total. The van der Waals surface area contributed by atoms with E-state index in [4.69, 9.17) is 10.2 Å². The summed E-state index contributed by atoms with van der Waals surface area (Å²) in [5.74, 6) is 10.6. The van der Waals surface area contributed by atoms with E-state index in [1.54, 1.807) is 13.8 Å². The van der Waals surface area contributed by atoms with Crippen LogP contribution in [0.25, 0.3) is 0 Å². The Morgan fingerprint density at radius 2 is 1.25 bits per heavy atom. The Balaban J connectivity index is 3.59. The molecule has 0 bridgehead atoms. The van der Waals surface area contributed by atoms with Crippen molar-refractivity contribution in [3.05, 3.63) is 0 Å². The molecular weight excluding hydrogens is 152 g/mol. The molecule has 0 heterocycles. The van der Waals surface area contributed by atoms with Gasteiger partial charge in [0.1, 0.15) is 0 Å². The van der Waals surface area contributed by atoms with Crippen molar-refractivity contribution in [2.24, 2.45) is 0 Å². The van der Waals surface area contributed by atoms with E-state index in [9.17, 15) is 0 Å². The summed E-state index contributed by atoms with van der Waals surface area (Å²) in [4.78, 5) is 0. The van der Waals surface area contributed by atoms with Crippen molar-refractivity contribution in [3.63, 3.8) is 0 Å². The van der Waals surface area contributed by atoms with Crippen LogP contribution in [0.2, 0.25) is 0 Å². The molecule has 12 heavy (non-hydrogen) atoms. The fourth-order valence-electron chi connectivity index (χ4n) is 0.486. The van der Waals surface area contributed by atoms with Crippen molar-refractivity contribution in [2.45, 2.75) is 38.9 Å². The molecule has 2 heteroatoms. The molecule has 2 atom stereocenters. The summed E-state index contributed by atoms with van der Waals surface area (Å²) < 4.78 is 0. The number of hydrogen-bond donors (Lipinski definition) is 2. The first kappa shape index (κ1) is 11.0. The van der Waals surface area contributed by atoms with Crippen LogP contribution in [0.4, 0.5) is 0 Å². The van der Waals surface area contributed by atoms with Crippen LogP contribution < -0.4 is 0 Å². The summed E-state index contributed by atoms with van der Waals surface area (Å²) >= 11 is 0. The Morgan fingerprint density at radius 1 is 0.917 bits per heavy atom. The van der Waals surface area contributed by atoms with E-state index >= 15 is 0 Å². The van der Waals surface area contributed by atoms with E-state index in [0.717, 1.165) is 0 Å². The maximum absolute atomic E-state index is 8.81. The van der Waals surface area contributed by atoms with Crippen LogP contribution in [0, 0.1) is 23.7 Å². The van der Waals surface area contributed by atoms with Crippen LogP contribution in [0.15, 0.2) is 0 Å². The molecule has 0 saturated carbocycles. The standard InChI is InChI=1S/C10H14O2/c1-9(11)7-5-3-4-6-8-10(2)12/h9-12H,7-8H2,1-2H3/t9-,10-/m1/s1. The molecular formula is C10H14O2. The van der Waals surface area contributed by atoms with E-state index in [1.807, 2.05) is 0 Å². The van der Waals surface area contributed by atoms with Crippen LogP contribution in [-0.2, 0) is 0 Å². The van der Waals surface area contributed by atoms with Gasteiger partial charge in [-0.15, -0.1) is 0 Å². The van der Waals surface area contributed by atoms with Gasteiger partial charge in [0.2, 0.25) is 0 Å². The number of rotatable bonds is 2. The Hall–Kier alpha value is -0.960. The van der Waals surface area contributed by atoms with Crippen LogP contribution in [0.1, 0.15) is 26.7 Å². The molecule has 0 rings (SSSR count). The monoisotopic (exact) mass is 166 g/mol. The van der Waals surface area contributed by atoms with Gasteiger partial charge in [-0.2, -0.15) is 0 Å². The van der Waals surface area contributed by atoms with Gasteiger partial charge >= 0.3 is 0 Å². The second kappa shape index (κ2) is 6.73. The lowest BCUT2D eigenvalue weighted by Crippen LogP contribution is -1.96. The van der Waals surface area contributed by atoms with Gasteiger partial charge in [-0.25, -0.2) is 0 Å². The maximum Gasteiger partial charge on any atom is 0.0621 e. The van der Waals surface area contributed by atoms with E-state index < -0.39 is 12.2 Å². The molecule has 66 valence electrons. The number of aliphatic hydroxyl groups excluding tert-OH is 2. The van der Waals surface area contributed by atoms with Crippen LogP contribution in [-0.4, -0.2) is 22.4 Å². The van der Waals surface area contributed by atoms with Crippen molar-refractivity contribution in [2.75, 3.05) is 0 Å². The molecule has 0 aromatic heterocycles. The fourth-order valence-corrected chi connectivity index (χ4v) is 0.486. The predicted molar refractivity (Wildman–Crippen MR) is 48.1 cm³/mol. The molecule has 0 aliphatic heterocycles. The van der Waals surface area contributed by atoms with Crippen LogP contribution in [0.5, 0.6) is 0 Å². The topological polar surface area (TPSA) is 40.5 Å². The summed E-state index contributed by atoms with van der Waals surface area (Å²) in [5.41, 5.74) is 0. The van der Waals surface area contributed by atoms with Gasteiger partial charge in [-0.3, -0.25) is 0 Å². The third-order valence-corrected chi connectivity index (χ3v) is 1.03. The minimum Gasteiger partial charge on any atom is -0.392 e. The second-order valence-corrected chi connectivity index (χ2v) is 2.71. The Morgan fingerprint density at radius 3 is 1.50 bits per heavy atom. The molecule has 0 saturated heterocycles. The predicted octanol–water partition coefficient (Wildman–Crippen LogP) is 0.535. The van der Waals surface area contributed by atoms with E-state index in [1.165, 1.54) is 0 Å². The molecule has 0 unspecified atom stereocenters. The highest BCUT2D eigenvalue weighted by Crippen LogP contribution is 1.85. The third-order valence-electron chi connectivity index (χ3n) is 1.03. The third kappa shape index (κ3) is 9.04. The van der Waals surface area contributed by atoms with Gasteiger partial charge in [0.15, 0.2) is 0 Å². The first-order valence-electron chi connectivity index (χ1n) is 3.94. The van der Waals surface area contributed by atoms with Crippen LogP contribution >= 0.6 is 0 Å². The molecule has 0 aromatic carbocycles. The highest BCUT2D eigenvalue weighted by molar-refractivity contribution is 5.26. The lowest BCUT2D eigenvalue weighted by molar-refractivity contribution is 0.200. The van der Waals surface area contributed by atoms with Crippen molar-refractivity contribution >= 4 is 0 Å². The van der Waals surface area contributed by atoms with E-state index in [2.05, 4.69) is 23.7 Å². The van der Waals surface area contributed by atoms with E-state index in [0.29, 0.717) is 12.8 Å². The first-order valence-corrected chi connectivity index (χ1v) is 3.94. The summed E-state index contributed by atoms with van der Waals surface area (Å²) in [5, 5.41) is 17.6. The Labute approximate surface area is 73.6 Å². The highest BCUT2D eigenvalue weighted by atomic mass is 16.3. The molecule has 0 amide bonds. The van der Waals surface area contributed by atoms with Crippen LogP contribution in [0.3, 0.4) is 0 Å². The van der Waals surface area contributed by atoms with Crippen molar-refractivity contribution < 1.29 is 10.2 Å². The summed E-state index contributed by atoms with van der Waals surface area (Å²) in [7, 11) is 0. The van der Waals surface area contributed by atoms with Gasteiger partial charge < -0.3 is 10.2 Å². The lowest BCUT2D eigenvalue weighted by atomic mass is 10.3. The van der Waals surface area contributed by atoms with Crippen molar-refractivity contribution in [1.29, 1.82) is 0 Å². The molecule has 0 aliphatic carbocycles. The number of hydrogen-bond acceptors (Lipinski definition) is 2.